The molecule has 0 spiro atoms. The van der Waals surface area contributed by atoms with Crippen molar-refractivity contribution in [3.63, 3.8) is 0 Å². The van der Waals surface area contributed by atoms with Gasteiger partial charge in [0.1, 0.15) is 0 Å². The lowest BCUT2D eigenvalue weighted by Crippen LogP contribution is -1.85. The van der Waals surface area contributed by atoms with Crippen LogP contribution < -0.4 is 4.74 Å². The number of methoxy groups -OCH3 is 1. The van der Waals surface area contributed by atoms with Gasteiger partial charge >= 0.3 is 0 Å². The summed E-state index contributed by atoms with van der Waals surface area (Å²) in [6, 6.07) is 12.0. The van der Waals surface area contributed by atoms with Crippen LogP contribution in [0.3, 0.4) is 0 Å². The minimum Gasteiger partial charge on any atom is -0.504 e. The Hall–Kier alpha value is -2.53. The first-order valence-electron chi connectivity index (χ1n) is 6.14. The van der Waals surface area contributed by atoms with Crippen molar-refractivity contribution in [1.82, 2.24) is 10.1 Å². The summed E-state index contributed by atoms with van der Waals surface area (Å²) in [5, 5.41) is 14.3. The molecule has 6 heteroatoms. The molecule has 0 aliphatic heterocycles. The quantitative estimate of drug-likeness (QED) is 0.797. The molecule has 1 N–H and O–H groups in total. The number of aromatic hydroxyl groups is 1. The zero-order valence-corrected chi connectivity index (χ0v) is 11.8. The van der Waals surface area contributed by atoms with Gasteiger partial charge in [-0.1, -0.05) is 16.8 Å². The minimum absolute atomic E-state index is 0.0150. The largest absolute Gasteiger partial charge is 0.504 e. The Bertz CT molecular complexity index is 769. The Morgan fingerprint density at radius 1 is 1.10 bits per heavy atom. The summed E-state index contributed by atoms with van der Waals surface area (Å²) in [4.78, 5) is 4.30. The van der Waals surface area contributed by atoms with E-state index < -0.39 is 0 Å². The van der Waals surface area contributed by atoms with Gasteiger partial charge < -0.3 is 14.4 Å². The van der Waals surface area contributed by atoms with Gasteiger partial charge in [-0.3, -0.25) is 0 Å². The van der Waals surface area contributed by atoms with Crippen LogP contribution in [0.5, 0.6) is 11.5 Å². The van der Waals surface area contributed by atoms with Gasteiger partial charge in [0, 0.05) is 16.1 Å². The fraction of sp³-hybridized carbons (Fsp3) is 0.0667. The van der Waals surface area contributed by atoms with E-state index >= 15 is 0 Å². The smallest absolute Gasteiger partial charge is 0.258 e. The second-order valence-corrected chi connectivity index (χ2v) is 4.75. The van der Waals surface area contributed by atoms with E-state index in [1.54, 1.807) is 24.3 Å². The van der Waals surface area contributed by atoms with Gasteiger partial charge in [-0.25, -0.2) is 0 Å². The summed E-state index contributed by atoms with van der Waals surface area (Å²) >= 11 is 5.84. The Morgan fingerprint density at radius 2 is 1.81 bits per heavy atom. The highest BCUT2D eigenvalue weighted by atomic mass is 35.5. The number of ether oxygens (including phenoxy) is 1. The molecule has 2 aromatic carbocycles. The van der Waals surface area contributed by atoms with Crippen LogP contribution in [0.1, 0.15) is 0 Å². The maximum absolute atomic E-state index is 9.78. The lowest BCUT2D eigenvalue weighted by atomic mass is 10.2. The molecule has 0 amide bonds. The molecule has 0 aliphatic carbocycles. The van der Waals surface area contributed by atoms with Gasteiger partial charge in [-0.2, -0.15) is 4.98 Å². The van der Waals surface area contributed by atoms with Crippen LogP contribution in [0.4, 0.5) is 0 Å². The van der Waals surface area contributed by atoms with Crippen LogP contribution in [0.2, 0.25) is 5.02 Å². The summed E-state index contributed by atoms with van der Waals surface area (Å²) in [5.41, 5.74) is 1.41. The molecule has 0 atom stereocenters. The van der Waals surface area contributed by atoms with Gasteiger partial charge in [0.2, 0.25) is 5.82 Å². The Morgan fingerprint density at radius 3 is 2.48 bits per heavy atom. The molecule has 0 fully saturated rings. The number of nitrogens with zero attached hydrogens (tertiary/aromatic N) is 2. The number of hydrogen-bond acceptors (Lipinski definition) is 5. The molecular formula is C15H11ClN2O3. The number of hydrogen-bond donors (Lipinski definition) is 1. The van der Waals surface area contributed by atoms with Crippen LogP contribution in [0.15, 0.2) is 47.0 Å². The summed E-state index contributed by atoms with van der Waals surface area (Å²) in [5.74, 6) is 1.17. The van der Waals surface area contributed by atoms with E-state index in [9.17, 15) is 5.11 Å². The highest BCUT2D eigenvalue weighted by Crippen LogP contribution is 2.31. The number of aromatic nitrogens is 2. The predicted octanol–water partition coefficient (Wildman–Crippen LogP) is 3.77. The third kappa shape index (κ3) is 2.68. The molecule has 0 radical (unpaired) electrons. The molecule has 21 heavy (non-hydrogen) atoms. The molecule has 106 valence electrons. The van der Waals surface area contributed by atoms with E-state index in [1.165, 1.54) is 13.2 Å². The van der Waals surface area contributed by atoms with Gasteiger partial charge in [0.05, 0.1) is 7.11 Å². The average molecular weight is 303 g/mol. The van der Waals surface area contributed by atoms with Crippen LogP contribution >= 0.6 is 11.6 Å². The summed E-state index contributed by atoms with van der Waals surface area (Å²) < 4.78 is 10.2. The van der Waals surface area contributed by atoms with Gasteiger partial charge in [0.15, 0.2) is 11.5 Å². The van der Waals surface area contributed by atoms with Crippen molar-refractivity contribution in [1.29, 1.82) is 0 Å². The lowest BCUT2D eigenvalue weighted by molar-refractivity contribution is 0.373. The average Bonchev–Trinajstić information content (AvgIpc) is 2.98. The maximum atomic E-state index is 9.78. The first-order chi connectivity index (χ1) is 10.2. The van der Waals surface area contributed by atoms with Crippen molar-refractivity contribution >= 4 is 11.6 Å². The fourth-order valence-electron chi connectivity index (χ4n) is 1.88. The normalized spacial score (nSPS) is 10.6. The number of phenols is 1. The van der Waals surface area contributed by atoms with Crippen molar-refractivity contribution in [2.75, 3.05) is 7.11 Å². The van der Waals surface area contributed by atoms with Crippen molar-refractivity contribution < 1.29 is 14.4 Å². The second kappa shape index (κ2) is 5.46. The SMILES string of the molecule is COc1ccc(-c2nc(-c3ccc(Cl)cc3)no2)cc1O. The molecule has 0 saturated carbocycles. The van der Waals surface area contributed by atoms with E-state index in [1.807, 2.05) is 12.1 Å². The van der Waals surface area contributed by atoms with Crippen LogP contribution in [-0.2, 0) is 0 Å². The van der Waals surface area contributed by atoms with Crippen molar-refractivity contribution in [3.8, 4) is 34.3 Å². The third-order valence-electron chi connectivity index (χ3n) is 2.95. The second-order valence-electron chi connectivity index (χ2n) is 4.32. The number of rotatable bonds is 3. The van der Waals surface area contributed by atoms with Gasteiger partial charge in [0.25, 0.3) is 5.89 Å². The van der Waals surface area contributed by atoms with Crippen molar-refractivity contribution in [3.05, 3.63) is 47.5 Å². The fourth-order valence-corrected chi connectivity index (χ4v) is 2.01. The highest BCUT2D eigenvalue weighted by molar-refractivity contribution is 6.30. The standard InChI is InChI=1S/C15H11ClN2O3/c1-20-13-7-4-10(8-12(13)19)15-17-14(18-21-15)9-2-5-11(16)6-3-9/h2-8,19H,1H3. The van der Waals surface area contributed by atoms with Crippen molar-refractivity contribution in [2.45, 2.75) is 0 Å². The third-order valence-corrected chi connectivity index (χ3v) is 3.21. The van der Waals surface area contributed by atoms with E-state index in [0.717, 1.165) is 5.56 Å². The van der Waals surface area contributed by atoms with E-state index in [-0.39, 0.29) is 5.75 Å². The molecular weight excluding hydrogens is 292 g/mol. The minimum atomic E-state index is 0.0150. The Kier molecular flexibility index (Phi) is 3.50. The molecule has 0 unspecified atom stereocenters. The maximum Gasteiger partial charge on any atom is 0.258 e. The summed E-state index contributed by atoms with van der Waals surface area (Å²) in [6.45, 7) is 0. The molecule has 1 heterocycles. The summed E-state index contributed by atoms with van der Waals surface area (Å²) in [7, 11) is 1.49. The topological polar surface area (TPSA) is 68.4 Å². The number of benzene rings is 2. The van der Waals surface area contributed by atoms with Crippen molar-refractivity contribution in [2.24, 2.45) is 0 Å². The van der Waals surface area contributed by atoms with Gasteiger partial charge in [-0.05, 0) is 42.5 Å². The van der Waals surface area contributed by atoms with Gasteiger partial charge in [-0.15, -0.1) is 0 Å². The molecule has 3 rings (SSSR count). The predicted molar refractivity (Wildman–Crippen MR) is 78.4 cm³/mol. The van der Waals surface area contributed by atoms with E-state index in [2.05, 4.69) is 10.1 Å². The molecule has 0 aliphatic rings. The van der Waals surface area contributed by atoms with E-state index in [4.69, 9.17) is 20.9 Å². The molecule has 1 aromatic heterocycles. The zero-order chi connectivity index (χ0) is 14.8. The molecule has 0 saturated heterocycles. The Labute approximate surface area is 125 Å². The van der Waals surface area contributed by atoms with Crippen LogP contribution in [0, 0.1) is 0 Å². The first-order valence-corrected chi connectivity index (χ1v) is 6.52. The lowest BCUT2D eigenvalue weighted by Gasteiger charge is -2.03. The molecule has 0 bridgehead atoms. The summed E-state index contributed by atoms with van der Waals surface area (Å²) in [6.07, 6.45) is 0. The number of phenolic OH excluding ortho intramolecular Hbond substituents is 1. The number of halogens is 1. The van der Waals surface area contributed by atoms with E-state index in [0.29, 0.717) is 28.1 Å². The molecule has 3 aromatic rings. The highest BCUT2D eigenvalue weighted by Gasteiger charge is 2.12. The molecule has 5 nitrogen and oxygen atoms in total. The first kappa shape index (κ1) is 13.5. The Balaban J connectivity index is 1.94. The zero-order valence-electron chi connectivity index (χ0n) is 11.1. The monoisotopic (exact) mass is 302 g/mol. The van der Waals surface area contributed by atoms with Crippen LogP contribution in [0.25, 0.3) is 22.8 Å². The van der Waals surface area contributed by atoms with Crippen LogP contribution in [-0.4, -0.2) is 22.4 Å².